The highest BCUT2D eigenvalue weighted by Crippen LogP contribution is 2.06. The number of hydrogen-bond donors (Lipinski definition) is 2. The van der Waals surface area contributed by atoms with Crippen LogP contribution in [0.2, 0.25) is 0 Å². The van der Waals surface area contributed by atoms with Gasteiger partial charge in [0.15, 0.2) is 0 Å². The van der Waals surface area contributed by atoms with Crippen LogP contribution in [0.25, 0.3) is 0 Å². The summed E-state index contributed by atoms with van der Waals surface area (Å²) in [5.41, 5.74) is -0.419. The maximum atomic E-state index is 11.6. The van der Waals surface area contributed by atoms with Gasteiger partial charge >= 0.3 is 12.0 Å². The number of aliphatic carboxylic acids is 1. The number of carbonyl (C=O) groups excluding carboxylic acids is 1. The van der Waals surface area contributed by atoms with E-state index in [1.54, 1.807) is 7.05 Å². The lowest BCUT2D eigenvalue weighted by atomic mass is 10.1. The molecule has 6 nitrogen and oxygen atoms in total. The molecule has 0 saturated carbocycles. The van der Waals surface area contributed by atoms with Crippen molar-refractivity contribution in [2.24, 2.45) is 0 Å². The van der Waals surface area contributed by atoms with E-state index in [1.165, 1.54) is 4.90 Å². The molecule has 0 saturated heterocycles. The second kappa shape index (κ2) is 7.11. The molecule has 2 amide bonds. The van der Waals surface area contributed by atoms with E-state index in [-0.39, 0.29) is 19.0 Å². The van der Waals surface area contributed by atoms with Crippen molar-refractivity contribution in [1.82, 2.24) is 10.2 Å². The standard InChI is InChI=1S/C11H22N2O4/c1-5-17-11(2,3)8-12-10(16)13(4)7-6-9(14)15/h5-8H2,1-4H3,(H,12,16)(H,14,15). The molecule has 0 atom stereocenters. The van der Waals surface area contributed by atoms with E-state index in [2.05, 4.69) is 5.32 Å². The zero-order valence-corrected chi connectivity index (χ0v) is 10.9. The van der Waals surface area contributed by atoms with E-state index in [0.717, 1.165) is 0 Å². The number of carboxylic acids is 1. The highest BCUT2D eigenvalue weighted by molar-refractivity contribution is 5.75. The van der Waals surface area contributed by atoms with Gasteiger partial charge < -0.3 is 20.1 Å². The van der Waals surface area contributed by atoms with Crippen molar-refractivity contribution in [2.45, 2.75) is 32.8 Å². The Kier molecular flexibility index (Phi) is 6.57. The summed E-state index contributed by atoms with van der Waals surface area (Å²) in [5.74, 6) is -0.917. The maximum Gasteiger partial charge on any atom is 0.317 e. The first-order valence-corrected chi connectivity index (χ1v) is 5.63. The summed E-state index contributed by atoms with van der Waals surface area (Å²) in [4.78, 5) is 23.3. The summed E-state index contributed by atoms with van der Waals surface area (Å²) < 4.78 is 5.43. The molecule has 0 aromatic rings. The highest BCUT2D eigenvalue weighted by atomic mass is 16.5. The van der Waals surface area contributed by atoms with Crippen molar-refractivity contribution in [1.29, 1.82) is 0 Å². The van der Waals surface area contributed by atoms with E-state index < -0.39 is 11.6 Å². The number of carboxylic acid groups (broad SMARTS) is 1. The number of amides is 2. The summed E-state index contributed by atoms with van der Waals surface area (Å²) in [6.07, 6.45) is -0.0568. The van der Waals surface area contributed by atoms with Crippen LogP contribution in [0.15, 0.2) is 0 Å². The van der Waals surface area contributed by atoms with Crippen LogP contribution in [-0.2, 0) is 9.53 Å². The fourth-order valence-electron chi connectivity index (χ4n) is 1.23. The highest BCUT2D eigenvalue weighted by Gasteiger charge is 2.19. The summed E-state index contributed by atoms with van der Waals surface area (Å²) >= 11 is 0. The molecule has 17 heavy (non-hydrogen) atoms. The van der Waals surface area contributed by atoms with E-state index in [9.17, 15) is 9.59 Å². The van der Waals surface area contributed by atoms with Gasteiger partial charge in [0.2, 0.25) is 0 Å². The Morgan fingerprint density at radius 3 is 2.47 bits per heavy atom. The monoisotopic (exact) mass is 246 g/mol. The summed E-state index contributed by atoms with van der Waals surface area (Å²) in [6.45, 7) is 6.82. The molecule has 0 aliphatic rings. The Labute approximate surface area is 102 Å². The van der Waals surface area contributed by atoms with Crippen LogP contribution in [-0.4, -0.2) is 54.4 Å². The van der Waals surface area contributed by atoms with Crippen LogP contribution >= 0.6 is 0 Å². The van der Waals surface area contributed by atoms with Gasteiger partial charge in [-0.05, 0) is 20.8 Å². The molecule has 0 radical (unpaired) electrons. The molecule has 0 aromatic heterocycles. The molecule has 0 aliphatic carbocycles. The Bertz CT molecular complexity index is 266. The molecule has 0 aliphatic heterocycles. The van der Waals surface area contributed by atoms with Crippen molar-refractivity contribution in [3.63, 3.8) is 0 Å². The second-order valence-electron chi connectivity index (χ2n) is 4.42. The Morgan fingerprint density at radius 2 is 2.00 bits per heavy atom. The molecule has 0 unspecified atom stereocenters. The van der Waals surface area contributed by atoms with Gasteiger partial charge in [0.25, 0.3) is 0 Å². The lowest BCUT2D eigenvalue weighted by Gasteiger charge is -2.26. The number of urea groups is 1. The molecule has 0 bridgehead atoms. The number of nitrogens with one attached hydrogen (secondary N) is 1. The molecule has 100 valence electrons. The summed E-state index contributed by atoms with van der Waals surface area (Å²) in [6, 6.07) is -0.293. The van der Waals surface area contributed by atoms with Crippen molar-refractivity contribution in [3.8, 4) is 0 Å². The molecule has 0 heterocycles. The van der Waals surface area contributed by atoms with Gasteiger partial charge in [0, 0.05) is 26.7 Å². The minimum atomic E-state index is -0.917. The zero-order valence-electron chi connectivity index (χ0n) is 10.9. The lowest BCUT2D eigenvalue weighted by molar-refractivity contribution is -0.137. The minimum absolute atomic E-state index is 0.0568. The molecule has 0 aromatic carbocycles. The Balaban J connectivity index is 3.96. The van der Waals surface area contributed by atoms with Crippen LogP contribution in [0, 0.1) is 0 Å². The second-order valence-corrected chi connectivity index (χ2v) is 4.42. The predicted octanol–water partition coefficient (Wildman–Crippen LogP) is 0.918. The fourth-order valence-corrected chi connectivity index (χ4v) is 1.23. The maximum absolute atomic E-state index is 11.6. The predicted molar refractivity (Wildman–Crippen MR) is 64.0 cm³/mol. The Hall–Kier alpha value is -1.30. The van der Waals surface area contributed by atoms with Gasteiger partial charge in [-0.3, -0.25) is 4.79 Å². The number of ether oxygens (including phenoxy) is 1. The van der Waals surface area contributed by atoms with E-state index >= 15 is 0 Å². The average molecular weight is 246 g/mol. The third-order valence-electron chi connectivity index (χ3n) is 2.21. The first-order valence-electron chi connectivity index (χ1n) is 5.63. The van der Waals surface area contributed by atoms with E-state index in [0.29, 0.717) is 13.2 Å². The lowest BCUT2D eigenvalue weighted by Crippen LogP contribution is -2.45. The van der Waals surface area contributed by atoms with Gasteiger partial charge in [-0.1, -0.05) is 0 Å². The van der Waals surface area contributed by atoms with Crippen LogP contribution in [0.1, 0.15) is 27.2 Å². The molecule has 0 spiro atoms. The van der Waals surface area contributed by atoms with Gasteiger partial charge in [-0.2, -0.15) is 0 Å². The first kappa shape index (κ1) is 15.7. The van der Waals surface area contributed by atoms with E-state index in [1.807, 2.05) is 20.8 Å². The third kappa shape index (κ3) is 7.57. The van der Waals surface area contributed by atoms with Gasteiger partial charge in [-0.15, -0.1) is 0 Å². The quantitative estimate of drug-likeness (QED) is 0.700. The number of hydrogen-bond acceptors (Lipinski definition) is 3. The van der Waals surface area contributed by atoms with Crippen LogP contribution in [0.3, 0.4) is 0 Å². The third-order valence-corrected chi connectivity index (χ3v) is 2.21. The van der Waals surface area contributed by atoms with E-state index in [4.69, 9.17) is 9.84 Å². The van der Waals surface area contributed by atoms with Crippen LogP contribution < -0.4 is 5.32 Å². The normalized spacial score (nSPS) is 11.1. The largest absolute Gasteiger partial charge is 0.481 e. The van der Waals surface area contributed by atoms with Crippen LogP contribution in [0.4, 0.5) is 4.79 Å². The van der Waals surface area contributed by atoms with Gasteiger partial charge in [0.1, 0.15) is 0 Å². The average Bonchev–Trinajstić information content (AvgIpc) is 2.22. The summed E-state index contributed by atoms with van der Waals surface area (Å²) in [5, 5.41) is 11.2. The van der Waals surface area contributed by atoms with Crippen molar-refractivity contribution in [3.05, 3.63) is 0 Å². The summed E-state index contributed by atoms with van der Waals surface area (Å²) in [7, 11) is 1.56. The fraction of sp³-hybridized carbons (Fsp3) is 0.818. The molecular weight excluding hydrogens is 224 g/mol. The first-order chi connectivity index (χ1) is 7.78. The van der Waals surface area contributed by atoms with Gasteiger partial charge in [-0.25, -0.2) is 4.79 Å². The Morgan fingerprint density at radius 1 is 1.41 bits per heavy atom. The van der Waals surface area contributed by atoms with Crippen LogP contribution in [0.5, 0.6) is 0 Å². The minimum Gasteiger partial charge on any atom is -0.481 e. The zero-order chi connectivity index (χ0) is 13.5. The number of rotatable bonds is 7. The topological polar surface area (TPSA) is 78.9 Å². The SMILES string of the molecule is CCOC(C)(C)CNC(=O)N(C)CCC(=O)O. The molecular formula is C11H22N2O4. The number of nitrogens with zero attached hydrogens (tertiary/aromatic N) is 1. The molecule has 6 heteroatoms. The molecule has 0 rings (SSSR count). The smallest absolute Gasteiger partial charge is 0.317 e. The molecule has 2 N–H and O–H groups in total. The van der Waals surface area contributed by atoms with Crippen molar-refractivity contribution >= 4 is 12.0 Å². The van der Waals surface area contributed by atoms with Gasteiger partial charge in [0.05, 0.1) is 12.0 Å². The number of carbonyl (C=O) groups is 2. The van der Waals surface area contributed by atoms with Crippen molar-refractivity contribution in [2.75, 3.05) is 26.7 Å². The van der Waals surface area contributed by atoms with Crippen molar-refractivity contribution < 1.29 is 19.4 Å². The molecule has 0 fully saturated rings.